The highest BCUT2D eigenvalue weighted by molar-refractivity contribution is 7.09. The Morgan fingerprint density at radius 2 is 1.97 bits per heavy atom. The molecule has 30 heavy (non-hydrogen) atoms. The van der Waals surface area contributed by atoms with Gasteiger partial charge in [-0.1, -0.05) is 30.7 Å². The number of likely N-dealkylation sites (tertiary alicyclic amines) is 1. The van der Waals surface area contributed by atoms with Crippen LogP contribution in [-0.4, -0.2) is 37.1 Å². The standard InChI is InChI=1S/C23H27N5OS/c1-16-24-19(15-30-16)18-10-8-17(9-11-18)14-22(29)27-13-5-6-20(27)23-26-25-21-7-3-2-4-12-28(21)23/h8-11,15,20H,2-7,12-14H2,1H3. The van der Waals surface area contributed by atoms with E-state index in [-0.39, 0.29) is 11.9 Å². The van der Waals surface area contributed by atoms with E-state index in [1.807, 2.05) is 11.8 Å². The molecule has 3 aromatic rings. The summed E-state index contributed by atoms with van der Waals surface area (Å²) >= 11 is 1.66. The smallest absolute Gasteiger partial charge is 0.227 e. The topological polar surface area (TPSA) is 63.9 Å². The SMILES string of the molecule is Cc1nc(-c2ccc(CC(=O)N3CCCC3c3nnc4n3CCCCC4)cc2)cs1. The molecular formula is C23H27N5OS. The van der Waals surface area contributed by atoms with E-state index in [9.17, 15) is 4.79 Å². The molecule has 1 aromatic carbocycles. The molecule has 7 heteroatoms. The number of hydrogen-bond donors (Lipinski definition) is 0. The lowest BCUT2D eigenvalue weighted by molar-refractivity contribution is -0.131. The van der Waals surface area contributed by atoms with Crippen LogP contribution in [0.4, 0.5) is 0 Å². The molecule has 6 nitrogen and oxygen atoms in total. The Labute approximate surface area is 181 Å². The van der Waals surface area contributed by atoms with Gasteiger partial charge in [0.25, 0.3) is 0 Å². The van der Waals surface area contributed by atoms with Crippen LogP contribution >= 0.6 is 11.3 Å². The summed E-state index contributed by atoms with van der Waals surface area (Å²) in [6.07, 6.45) is 7.02. The molecule has 1 fully saturated rings. The van der Waals surface area contributed by atoms with E-state index in [1.54, 1.807) is 11.3 Å². The quantitative estimate of drug-likeness (QED) is 0.629. The number of hydrogen-bond acceptors (Lipinski definition) is 5. The molecule has 1 unspecified atom stereocenters. The predicted molar refractivity (Wildman–Crippen MR) is 117 cm³/mol. The van der Waals surface area contributed by atoms with Gasteiger partial charge in [-0.25, -0.2) is 4.98 Å². The largest absolute Gasteiger partial charge is 0.332 e. The molecular weight excluding hydrogens is 394 g/mol. The van der Waals surface area contributed by atoms with Gasteiger partial charge in [0.1, 0.15) is 5.82 Å². The van der Waals surface area contributed by atoms with Crippen LogP contribution in [0, 0.1) is 6.92 Å². The third kappa shape index (κ3) is 3.78. The van der Waals surface area contributed by atoms with Crippen LogP contribution in [0.3, 0.4) is 0 Å². The Bertz CT molecular complexity index is 1040. The highest BCUT2D eigenvalue weighted by Crippen LogP contribution is 2.33. The molecule has 0 spiro atoms. The van der Waals surface area contributed by atoms with Crippen molar-refractivity contribution in [3.8, 4) is 11.3 Å². The molecule has 0 aliphatic carbocycles. The van der Waals surface area contributed by atoms with Crippen molar-refractivity contribution in [1.82, 2.24) is 24.6 Å². The summed E-state index contributed by atoms with van der Waals surface area (Å²) in [4.78, 5) is 19.7. The minimum Gasteiger partial charge on any atom is -0.332 e. The van der Waals surface area contributed by atoms with Gasteiger partial charge in [0.15, 0.2) is 5.82 Å². The van der Waals surface area contributed by atoms with Crippen LogP contribution in [0.5, 0.6) is 0 Å². The molecule has 1 amide bonds. The maximum atomic E-state index is 13.2. The van der Waals surface area contributed by atoms with Crippen molar-refractivity contribution < 1.29 is 4.79 Å². The van der Waals surface area contributed by atoms with Crippen LogP contribution in [0.1, 0.15) is 60.4 Å². The third-order valence-corrected chi connectivity index (χ3v) is 7.01. The molecule has 2 aliphatic rings. The van der Waals surface area contributed by atoms with Gasteiger partial charge >= 0.3 is 0 Å². The Morgan fingerprint density at radius 1 is 1.10 bits per heavy atom. The molecule has 1 atom stereocenters. The van der Waals surface area contributed by atoms with Crippen LogP contribution in [0.15, 0.2) is 29.6 Å². The van der Waals surface area contributed by atoms with Gasteiger partial charge in [0, 0.05) is 30.5 Å². The zero-order chi connectivity index (χ0) is 20.5. The van der Waals surface area contributed by atoms with E-state index in [1.165, 1.54) is 19.3 Å². The van der Waals surface area contributed by atoms with E-state index in [0.29, 0.717) is 6.42 Å². The predicted octanol–water partition coefficient (Wildman–Crippen LogP) is 4.34. The first-order chi connectivity index (χ1) is 14.7. The second-order valence-corrected chi connectivity index (χ2v) is 9.37. The van der Waals surface area contributed by atoms with Crippen molar-refractivity contribution in [3.05, 3.63) is 51.9 Å². The maximum absolute atomic E-state index is 13.2. The fourth-order valence-corrected chi connectivity index (χ4v) is 5.28. The fourth-order valence-electron chi connectivity index (χ4n) is 4.65. The Kier molecular flexibility index (Phi) is 5.37. The fraction of sp³-hybridized carbons (Fsp3) is 0.478. The van der Waals surface area contributed by atoms with Crippen LogP contribution in [-0.2, 0) is 24.2 Å². The second-order valence-electron chi connectivity index (χ2n) is 8.31. The van der Waals surface area contributed by atoms with Crippen LogP contribution in [0.25, 0.3) is 11.3 Å². The zero-order valence-corrected chi connectivity index (χ0v) is 18.2. The van der Waals surface area contributed by atoms with Gasteiger partial charge in [-0.3, -0.25) is 4.79 Å². The molecule has 0 bridgehead atoms. The monoisotopic (exact) mass is 421 g/mol. The Balaban J connectivity index is 1.30. The molecule has 0 radical (unpaired) electrons. The second kappa shape index (κ2) is 8.30. The summed E-state index contributed by atoms with van der Waals surface area (Å²) in [6.45, 7) is 3.80. The molecule has 156 valence electrons. The average molecular weight is 422 g/mol. The number of amides is 1. The number of aromatic nitrogens is 4. The molecule has 4 heterocycles. The highest BCUT2D eigenvalue weighted by Gasteiger charge is 2.34. The normalized spacial score (nSPS) is 19.0. The van der Waals surface area contributed by atoms with E-state index in [2.05, 4.69) is 49.4 Å². The summed E-state index contributed by atoms with van der Waals surface area (Å²) in [5.74, 6) is 2.27. The first kappa shape index (κ1) is 19.4. The van der Waals surface area contributed by atoms with Gasteiger partial charge in [-0.05, 0) is 38.2 Å². The first-order valence-electron chi connectivity index (χ1n) is 10.9. The first-order valence-corrected chi connectivity index (χ1v) is 11.8. The maximum Gasteiger partial charge on any atom is 0.227 e. The summed E-state index contributed by atoms with van der Waals surface area (Å²) in [5, 5.41) is 12.1. The summed E-state index contributed by atoms with van der Waals surface area (Å²) in [6, 6.07) is 8.30. The molecule has 1 saturated heterocycles. The minimum absolute atomic E-state index is 0.0640. The zero-order valence-electron chi connectivity index (χ0n) is 17.4. The van der Waals surface area contributed by atoms with E-state index < -0.39 is 0 Å². The number of rotatable bonds is 4. The van der Waals surface area contributed by atoms with Crippen molar-refractivity contribution in [2.75, 3.05) is 6.54 Å². The lowest BCUT2D eigenvalue weighted by Gasteiger charge is -2.25. The van der Waals surface area contributed by atoms with Crippen molar-refractivity contribution in [2.45, 2.75) is 64.5 Å². The molecule has 0 N–H and O–H groups in total. The van der Waals surface area contributed by atoms with Gasteiger partial charge in [0.2, 0.25) is 5.91 Å². The lowest BCUT2D eigenvalue weighted by atomic mass is 10.1. The van der Waals surface area contributed by atoms with E-state index in [0.717, 1.165) is 65.8 Å². The molecule has 5 rings (SSSR count). The number of carbonyl (C=O) groups is 1. The van der Waals surface area contributed by atoms with Crippen LogP contribution < -0.4 is 0 Å². The minimum atomic E-state index is 0.0640. The van der Waals surface area contributed by atoms with Gasteiger partial charge in [0.05, 0.1) is 23.2 Å². The van der Waals surface area contributed by atoms with Gasteiger partial charge in [-0.15, -0.1) is 21.5 Å². The number of benzene rings is 1. The van der Waals surface area contributed by atoms with Crippen molar-refractivity contribution in [2.24, 2.45) is 0 Å². The van der Waals surface area contributed by atoms with E-state index >= 15 is 0 Å². The van der Waals surface area contributed by atoms with Crippen molar-refractivity contribution >= 4 is 17.2 Å². The number of carbonyl (C=O) groups excluding carboxylic acids is 1. The summed E-state index contributed by atoms with van der Waals surface area (Å²) < 4.78 is 2.29. The third-order valence-electron chi connectivity index (χ3n) is 6.23. The van der Waals surface area contributed by atoms with Crippen molar-refractivity contribution in [1.29, 1.82) is 0 Å². The molecule has 2 aliphatic heterocycles. The summed E-state index contributed by atoms with van der Waals surface area (Å²) in [5.41, 5.74) is 3.14. The molecule has 0 saturated carbocycles. The highest BCUT2D eigenvalue weighted by atomic mass is 32.1. The Hall–Kier alpha value is -2.54. The number of aryl methyl sites for hydroxylation is 2. The Morgan fingerprint density at radius 3 is 2.77 bits per heavy atom. The van der Waals surface area contributed by atoms with Gasteiger partial charge in [-0.2, -0.15) is 0 Å². The van der Waals surface area contributed by atoms with Gasteiger partial charge < -0.3 is 9.47 Å². The number of fused-ring (bicyclic) bond motifs is 1. The summed E-state index contributed by atoms with van der Waals surface area (Å²) in [7, 11) is 0. The number of nitrogens with zero attached hydrogens (tertiary/aromatic N) is 5. The average Bonchev–Trinajstić information content (AvgIpc) is 3.45. The number of thiazole rings is 1. The molecule has 2 aromatic heterocycles. The van der Waals surface area contributed by atoms with E-state index in [4.69, 9.17) is 0 Å². The lowest BCUT2D eigenvalue weighted by Crippen LogP contribution is -2.33. The van der Waals surface area contributed by atoms with Crippen LogP contribution in [0.2, 0.25) is 0 Å². The van der Waals surface area contributed by atoms with Crippen molar-refractivity contribution in [3.63, 3.8) is 0 Å².